The fraction of sp³-hybridized carbons (Fsp3) is 0.292. The first kappa shape index (κ1) is 19.3. The SMILES string of the molecule is COc1ccc(C(CNC(=O)c2occc2-c2ccccc2)N2CCCC2)cc1. The summed E-state index contributed by atoms with van der Waals surface area (Å²) in [5.41, 5.74) is 2.96. The molecule has 5 nitrogen and oxygen atoms in total. The van der Waals surface area contributed by atoms with Crippen LogP contribution >= 0.6 is 0 Å². The number of nitrogens with zero attached hydrogens (tertiary/aromatic N) is 1. The Bertz CT molecular complexity index is 928. The Balaban J connectivity index is 1.50. The van der Waals surface area contributed by atoms with E-state index in [0.29, 0.717) is 12.3 Å². The number of hydrogen-bond acceptors (Lipinski definition) is 4. The van der Waals surface area contributed by atoms with Crippen molar-refractivity contribution in [2.24, 2.45) is 0 Å². The number of carbonyl (C=O) groups is 1. The molecular formula is C24H26N2O3. The minimum Gasteiger partial charge on any atom is -0.497 e. The zero-order valence-corrected chi connectivity index (χ0v) is 16.6. The molecule has 0 saturated carbocycles. The van der Waals surface area contributed by atoms with Gasteiger partial charge < -0.3 is 14.5 Å². The lowest BCUT2D eigenvalue weighted by Crippen LogP contribution is -2.36. The lowest BCUT2D eigenvalue weighted by atomic mass is 10.0. The lowest BCUT2D eigenvalue weighted by Gasteiger charge is -2.28. The Labute approximate surface area is 171 Å². The van der Waals surface area contributed by atoms with E-state index in [1.165, 1.54) is 18.4 Å². The normalized spacial score (nSPS) is 15.2. The van der Waals surface area contributed by atoms with E-state index in [-0.39, 0.29) is 11.9 Å². The van der Waals surface area contributed by atoms with Crippen molar-refractivity contribution in [3.63, 3.8) is 0 Å². The molecule has 0 spiro atoms. The van der Waals surface area contributed by atoms with E-state index in [0.717, 1.165) is 30.0 Å². The molecule has 2 aromatic carbocycles. The van der Waals surface area contributed by atoms with E-state index in [2.05, 4.69) is 22.3 Å². The third kappa shape index (κ3) is 4.35. The van der Waals surface area contributed by atoms with Gasteiger partial charge in [0.05, 0.1) is 19.4 Å². The summed E-state index contributed by atoms with van der Waals surface area (Å²) in [6.45, 7) is 2.62. The maximum Gasteiger partial charge on any atom is 0.287 e. The molecule has 1 N–H and O–H groups in total. The highest BCUT2D eigenvalue weighted by atomic mass is 16.5. The smallest absolute Gasteiger partial charge is 0.287 e. The molecule has 5 heteroatoms. The van der Waals surface area contributed by atoms with E-state index >= 15 is 0 Å². The first-order chi connectivity index (χ1) is 14.3. The second-order valence-electron chi connectivity index (χ2n) is 7.27. The molecule has 1 aromatic heterocycles. The highest BCUT2D eigenvalue weighted by Gasteiger charge is 2.25. The fourth-order valence-corrected chi connectivity index (χ4v) is 3.94. The minimum atomic E-state index is -0.188. The summed E-state index contributed by atoms with van der Waals surface area (Å²) < 4.78 is 10.8. The third-order valence-electron chi connectivity index (χ3n) is 5.49. The molecule has 0 radical (unpaired) electrons. The molecule has 150 valence electrons. The molecule has 0 aliphatic carbocycles. The first-order valence-corrected chi connectivity index (χ1v) is 10.1. The summed E-state index contributed by atoms with van der Waals surface area (Å²) in [6, 6.07) is 19.9. The van der Waals surface area contributed by atoms with Gasteiger partial charge in [0.1, 0.15) is 5.75 Å². The number of nitrogens with one attached hydrogen (secondary N) is 1. The van der Waals surface area contributed by atoms with Gasteiger partial charge >= 0.3 is 0 Å². The summed E-state index contributed by atoms with van der Waals surface area (Å²) >= 11 is 0. The number of rotatable bonds is 7. The monoisotopic (exact) mass is 390 g/mol. The van der Waals surface area contributed by atoms with E-state index in [1.807, 2.05) is 48.5 Å². The Morgan fingerprint density at radius 1 is 1.07 bits per heavy atom. The van der Waals surface area contributed by atoms with Gasteiger partial charge in [0.15, 0.2) is 5.76 Å². The first-order valence-electron chi connectivity index (χ1n) is 10.1. The maximum atomic E-state index is 12.9. The van der Waals surface area contributed by atoms with Gasteiger partial charge in [0.25, 0.3) is 5.91 Å². The molecule has 0 bridgehead atoms. The van der Waals surface area contributed by atoms with Gasteiger partial charge in [-0.3, -0.25) is 9.69 Å². The quantitative estimate of drug-likeness (QED) is 0.644. The summed E-state index contributed by atoms with van der Waals surface area (Å²) in [7, 11) is 1.67. The van der Waals surface area contributed by atoms with E-state index in [1.54, 1.807) is 13.4 Å². The molecule has 1 atom stereocenters. The summed E-state index contributed by atoms with van der Waals surface area (Å²) in [4.78, 5) is 15.3. The molecule has 1 saturated heterocycles. The van der Waals surface area contributed by atoms with Crippen LogP contribution < -0.4 is 10.1 Å². The number of furan rings is 1. The van der Waals surface area contributed by atoms with Crippen LogP contribution in [0.15, 0.2) is 71.3 Å². The number of amides is 1. The van der Waals surface area contributed by atoms with E-state index in [9.17, 15) is 4.79 Å². The Morgan fingerprint density at radius 2 is 1.79 bits per heavy atom. The average Bonchev–Trinajstić information content (AvgIpc) is 3.47. The van der Waals surface area contributed by atoms with Crippen molar-refractivity contribution >= 4 is 5.91 Å². The minimum absolute atomic E-state index is 0.127. The van der Waals surface area contributed by atoms with Gasteiger partial charge in [-0.2, -0.15) is 0 Å². The molecule has 1 aliphatic heterocycles. The Hall–Kier alpha value is -3.05. The molecule has 1 unspecified atom stereocenters. The third-order valence-corrected chi connectivity index (χ3v) is 5.49. The van der Waals surface area contributed by atoms with Gasteiger partial charge in [-0.05, 0) is 55.3 Å². The van der Waals surface area contributed by atoms with Gasteiger partial charge in [0.2, 0.25) is 0 Å². The Morgan fingerprint density at radius 3 is 2.48 bits per heavy atom. The molecular weight excluding hydrogens is 364 g/mol. The predicted octanol–water partition coefficient (Wildman–Crippen LogP) is 4.52. The van der Waals surface area contributed by atoms with Crippen LogP contribution in [0.5, 0.6) is 5.75 Å². The predicted molar refractivity (Wildman–Crippen MR) is 113 cm³/mol. The van der Waals surface area contributed by atoms with Crippen LogP contribution in [0.25, 0.3) is 11.1 Å². The summed E-state index contributed by atoms with van der Waals surface area (Å²) in [5, 5.41) is 3.09. The number of benzene rings is 2. The molecule has 3 aromatic rings. The van der Waals surface area contributed by atoms with Crippen molar-refractivity contribution in [1.29, 1.82) is 0 Å². The maximum absolute atomic E-state index is 12.9. The fourth-order valence-electron chi connectivity index (χ4n) is 3.94. The zero-order chi connectivity index (χ0) is 20.1. The number of hydrogen-bond donors (Lipinski definition) is 1. The van der Waals surface area contributed by atoms with Crippen LogP contribution in [0.3, 0.4) is 0 Å². The number of methoxy groups -OCH3 is 1. The number of ether oxygens (including phenoxy) is 1. The molecule has 4 rings (SSSR count). The second-order valence-corrected chi connectivity index (χ2v) is 7.27. The topological polar surface area (TPSA) is 54.7 Å². The second kappa shape index (κ2) is 8.97. The van der Waals surface area contributed by atoms with Gasteiger partial charge in [-0.1, -0.05) is 42.5 Å². The zero-order valence-electron chi connectivity index (χ0n) is 16.6. The largest absolute Gasteiger partial charge is 0.497 e. The van der Waals surface area contributed by atoms with Crippen molar-refractivity contribution < 1.29 is 13.9 Å². The van der Waals surface area contributed by atoms with Crippen molar-refractivity contribution in [3.05, 3.63) is 78.3 Å². The van der Waals surface area contributed by atoms with Crippen molar-refractivity contribution in [1.82, 2.24) is 10.2 Å². The van der Waals surface area contributed by atoms with E-state index in [4.69, 9.17) is 9.15 Å². The van der Waals surface area contributed by atoms with Crippen LogP contribution in [0.4, 0.5) is 0 Å². The standard InChI is InChI=1S/C24H26N2O3/c1-28-20-11-9-19(10-12-20)22(26-14-5-6-15-26)17-25-24(27)23-21(13-16-29-23)18-7-3-2-4-8-18/h2-4,7-13,16,22H,5-6,14-15,17H2,1H3,(H,25,27). The molecule has 1 fully saturated rings. The van der Waals surface area contributed by atoms with Crippen LogP contribution in [-0.4, -0.2) is 37.6 Å². The van der Waals surface area contributed by atoms with Gasteiger partial charge in [-0.25, -0.2) is 0 Å². The van der Waals surface area contributed by atoms with Crippen molar-refractivity contribution in [2.75, 3.05) is 26.7 Å². The van der Waals surface area contributed by atoms with Crippen molar-refractivity contribution in [2.45, 2.75) is 18.9 Å². The molecule has 29 heavy (non-hydrogen) atoms. The molecule has 1 aliphatic rings. The number of likely N-dealkylation sites (tertiary alicyclic amines) is 1. The van der Waals surface area contributed by atoms with Crippen LogP contribution in [0, 0.1) is 0 Å². The average molecular weight is 390 g/mol. The lowest BCUT2D eigenvalue weighted by molar-refractivity contribution is 0.0911. The molecule has 1 amide bonds. The molecule has 2 heterocycles. The number of carbonyl (C=O) groups excluding carboxylic acids is 1. The van der Waals surface area contributed by atoms with Crippen LogP contribution in [-0.2, 0) is 0 Å². The highest BCUT2D eigenvalue weighted by Crippen LogP contribution is 2.27. The van der Waals surface area contributed by atoms with E-state index < -0.39 is 0 Å². The van der Waals surface area contributed by atoms with Gasteiger partial charge in [0, 0.05) is 12.1 Å². The summed E-state index contributed by atoms with van der Waals surface area (Å²) in [5.74, 6) is 0.999. The van der Waals surface area contributed by atoms with Crippen LogP contribution in [0.1, 0.15) is 35.0 Å². The van der Waals surface area contributed by atoms with Crippen molar-refractivity contribution in [3.8, 4) is 16.9 Å². The Kier molecular flexibility index (Phi) is 5.96. The van der Waals surface area contributed by atoms with Crippen LogP contribution in [0.2, 0.25) is 0 Å². The highest BCUT2D eigenvalue weighted by molar-refractivity contribution is 5.98. The van der Waals surface area contributed by atoms with Gasteiger partial charge in [-0.15, -0.1) is 0 Å². The summed E-state index contributed by atoms with van der Waals surface area (Å²) in [6.07, 6.45) is 3.95.